The molecule has 5 aromatic carbocycles. The Morgan fingerprint density at radius 1 is 0.412 bits per heavy atom. The largest absolute Gasteiger partial charge is 0.144 e. The van der Waals surface area contributed by atoms with Crippen molar-refractivity contribution < 1.29 is 0 Å². The average Bonchev–Trinajstić information content (AvgIpc) is 2.94. The lowest BCUT2D eigenvalue weighted by atomic mass is 9.99. The first kappa shape index (κ1) is 21.9. The highest BCUT2D eigenvalue weighted by Gasteiger charge is 2.43. The molecule has 5 aromatic rings. The molecule has 0 bridgehead atoms. The van der Waals surface area contributed by atoms with E-state index in [1.54, 1.807) is 0 Å². The van der Waals surface area contributed by atoms with Gasteiger partial charge in [0.2, 0.25) is 0 Å². The van der Waals surface area contributed by atoms with Gasteiger partial charge in [-0.15, -0.1) is 0 Å². The van der Waals surface area contributed by atoms with Crippen LogP contribution in [0.1, 0.15) is 11.1 Å². The quantitative estimate of drug-likeness (QED) is 0.188. The van der Waals surface area contributed by atoms with Crippen LogP contribution in [-0.4, -0.2) is 0 Å². The highest BCUT2D eigenvalue weighted by molar-refractivity contribution is 7.98. The van der Waals surface area contributed by atoms with Gasteiger partial charge in [-0.1, -0.05) is 121 Å². The van der Waals surface area contributed by atoms with Gasteiger partial charge in [0.1, 0.15) is 29.0 Å². The van der Waals surface area contributed by atoms with Gasteiger partial charge in [-0.25, -0.2) is 0 Å². The number of hydrogen-bond acceptors (Lipinski definition) is 0. The SMILES string of the molecule is C(=C[P+](c1ccccc1)(c1ccccc1)c1ccccc1)=C(c1ccccc1)c1ccccc1. The van der Waals surface area contributed by atoms with Crippen LogP contribution in [0.15, 0.2) is 163 Å². The Labute approximate surface area is 202 Å². The van der Waals surface area contributed by atoms with E-state index in [0.29, 0.717) is 0 Å². The Morgan fingerprint density at radius 2 is 0.706 bits per heavy atom. The zero-order valence-electron chi connectivity index (χ0n) is 19.0. The molecule has 5 rings (SSSR count). The number of benzene rings is 5. The fourth-order valence-corrected chi connectivity index (χ4v) is 7.96. The molecule has 0 atom stereocenters. The maximum absolute atomic E-state index is 3.83. The molecule has 0 nitrogen and oxygen atoms in total. The third kappa shape index (κ3) is 4.43. The molecule has 162 valence electrons. The number of hydrogen-bond donors (Lipinski definition) is 0. The van der Waals surface area contributed by atoms with E-state index in [1.165, 1.54) is 15.9 Å². The van der Waals surface area contributed by atoms with Crippen molar-refractivity contribution in [3.63, 3.8) is 0 Å². The summed E-state index contributed by atoms with van der Waals surface area (Å²) >= 11 is 0. The van der Waals surface area contributed by atoms with Crippen LogP contribution < -0.4 is 15.9 Å². The molecule has 0 saturated carbocycles. The average molecular weight is 454 g/mol. The fraction of sp³-hybridized carbons (Fsp3) is 0. The molecule has 0 N–H and O–H groups in total. The van der Waals surface area contributed by atoms with Crippen molar-refractivity contribution in [1.82, 2.24) is 0 Å². The molecular formula is C33H26P+. The van der Waals surface area contributed by atoms with Crippen LogP contribution in [0.25, 0.3) is 5.57 Å². The van der Waals surface area contributed by atoms with Crippen molar-refractivity contribution >= 4 is 28.7 Å². The van der Waals surface area contributed by atoms with Crippen LogP contribution in [0.4, 0.5) is 0 Å². The van der Waals surface area contributed by atoms with Crippen LogP contribution in [0, 0.1) is 0 Å². The van der Waals surface area contributed by atoms with Crippen molar-refractivity contribution in [3.8, 4) is 0 Å². The van der Waals surface area contributed by atoms with Crippen molar-refractivity contribution in [2.45, 2.75) is 0 Å². The van der Waals surface area contributed by atoms with Crippen molar-refractivity contribution in [2.24, 2.45) is 0 Å². The van der Waals surface area contributed by atoms with E-state index in [-0.39, 0.29) is 0 Å². The Kier molecular flexibility index (Phi) is 6.64. The summed E-state index contributed by atoms with van der Waals surface area (Å²) in [5, 5.41) is 3.96. The molecule has 0 radical (unpaired) electrons. The standard InChI is InChI=1S/C33H26P/c1-6-16-28(17-7-1)33(29-18-8-2-9-19-29)26-27-34(30-20-10-3-11-21-30,31-22-12-4-13-23-31)32-24-14-5-15-25-32/h1-25,27H/q+1. The Bertz CT molecular complexity index is 1250. The van der Waals surface area contributed by atoms with Gasteiger partial charge in [0, 0.05) is 5.57 Å². The highest BCUT2D eigenvalue weighted by Crippen LogP contribution is 2.56. The smallest absolute Gasteiger partial charge is 0.0726 e. The van der Waals surface area contributed by atoms with E-state index in [2.05, 4.69) is 163 Å². The minimum absolute atomic E-state index is 1.10. The van der Waals surface area contributed by atoms with Gasteiger partial charge < -0.3 is 0 Å². The predicted molar refractivity (Wildman–Crippen MR) is 149 cm³/mol. The van der Waals surface area contributed by atoms with Crippen LogP contribution in [0.5, 0.6) is 0 Å². The van der Waals surface area contributed by atoms with Gasteiger partial charge in [0.15, 0.2) is 0 Å². The van der Waals surface area contributed by atoms with Gasteiger partial charge >= 0.3 is 0 Å². The first-order valence-electron chi connectivity index (χ1n) is 11.5. The van der Waals surface area contributed by atoms with E-state index in [1.807, 2.05) is 0 Å². The van der Waals surface area contributed by atoms with Gasteiger partial charge in [0.25, 0.3) is 0 Å². The van der Waals surface area contributed by atoms with Crippen LogP contribution in [-0.2, 0) is 0 Å². The van der Waals surface area contributed by atoms with Gasteiger partial charge in [-0.3, -0.25) is 0 Å². The summed E-state index contributed by atoms with van der Waals surface area (Å²) in [6, 6.07) is 53.8. The second-order valence-corrected chi connectivity index (χ2v) is 11.4. The second kappa shape index (κ2) is 10.3. The molecule has 0 unspecified atom stereocenters. The fourth-order valence-electron chi connectivity index (χ4n) is 4.36. The van der Waals surface area contributed by atoms with E-state index in [4.69, 9.17) is 0 Å². The monoisotopic (exact) mass is 453 g/mol. The lowest BCUT2D eigenvalue weighted by Crippen LogP contribution is -2.29. The van der Waals surface area contributed by atoms with Crippen molar-refractivity contribution in [2.75, 3.05) is 0 Å². The maximum atomic E-state index is 3.83. The molecule has 0 aromatic heterocycles. The molecule has 0 amide bonds. The molecular weight excluding hydrogens is 427 g/mol. The molecule has 0 aliphatic rings. The highest BCUT2D eigenvalue weighted by atomic mass is 31.2. The Balaban J connectivity index is 1.86. The summed E-state index contributed by atoms with van der Waals surface area (Å²) in [4.78, 5) is 0. The summed E-state index contributed by atoms with van der Waals surface area (Å²) in [7, 11) is -2.10. The summed E-state index contributed by atoms with van der Waals surface area (Å²) in [6.45, 7) is 0. The van der Waals surface area contributed by atoms with Crippen molar-refractivity contribution in [3.05, 3.63) is 174 Å². The minimum atomic E-state index is -2.10. The molecule has 0 aliphatic heterocycles. The molecule has 1 heteroatoms. The molecule has 0 saturated heterocycles. The van der Waals surface area contributed by atoms with E-state index in [9.17, 15) is 0 Å². The van der Waals surface area contributed by atoms with E-state index >= 15 is 0 Å². The van der Waals surface area contributed by atoms with Crippen LogP contribution in [0.3, 0.4) is 0 Å². The van der Waals surface area contributed by atoms with Gasteiger partial charge in [-0.05, 0) is 47.5 Å². The zero-order valence-corrected chi connectivity index (χ0v) is 19.9. The topological polar surface area (TPSA) is 0 Å². The lowest BCUT2D eigenvalue weighted by Gasteiger charge is -2.23. The summed E-state index contributed by atoms with van der Waals surface area (Å²) in [5.41, 5.74) is 7.26. The normalized spacial score (nSPS) is 10.8. The molecule has 0 aliphatic carbocycles. The van der Waals surface area contributed by atoms with Crippen LogP contribution in [0.2, 0.25) is 0 Å². The third-order valence-electron chi connectivity index (χ3n) is 6.02. The van der Waals surface area contributed by atoms with Crippen LogP contribution >= 0.6 is 7.26 Å². The van der Waals surface area contributed by atoms with E-state index < -0.39 is 7.26 Å². The minimum Gasteiger partial charge on any atom is -0.0726 e. The molecule has 0 heterocycles. The molecule has 0 fully saturated rings. The molecule has 0 spiro atoms. The van der Waals surface area contributed by atoms with Gasteiger partial charge in [0.05, 0.1) is 0 Å². The summed E-state index contributed by atoms with van der Waals surface area (Å²) in [6.07, 6.45) is 0. The Morgan fingerprint density at radius 3 is 1.03 bits per heavy atom. The first-order chi connectivity index (χ1) is 16.9. The van der Waals surface area contributed by atoms with E-state index in [0.717, 1.165) is 16.7 Å². The van der Waals surface area contributed by atoms with Crippen molar-refractivity contribution in [1.29, 1.82) is 0 Å². The zero-order chi connectivity index (χ0) is 23.1. The maximum Gasteiger partial charge on any atom is 0.144 e. The third-order valence-corrected chi connectivity index (χ3v) is 9.87. The van der Waals surface area contributed by atoms with Gasteiger partial charge in [-0.2, -0.15) is 0 Å². The first-order valence-corrected chi connectivity index (χ1v) is 13.4. The summed E-state index contributed by atoms with van der Waals surface area (Å²) in [5.74, 6) is 2.36. The molecule has 34 heavy (non-hydrogen) atoms. The Hall–Kier alpha value is -3.95. The second-order valence-electron chi connectivity index (χ2n) is 8.11. The number of rotatable bonds is 6. The lowest BCUT2D eigenvalue weighted by molar-refractivity contribution is 1.55. The predicted octanol–water partition coefficient (Wildman–Crippen LogP) is 7.23. The summed E-state index contributed by atoms with van der Waals surface area (Å²) < 4.78 is 0.